The summed E-state index contributed by atoms with van der Waals surface area (Å²) in [5, 5.41) is 15.0. The van der Waals surface area contributed by atoms with E-state index in [2.05, 4.69) is 33.0 Å². The molecule has 2 N–H and O–H groups in total. The Kier molecular flexibility index (Phi) is 8.72. The summed E-state index contributed by atoms with van der Waals surface area (Å²) in [5.41, 5.74) is 2.45. The first-order chi connectivity index (χ1) is 17.6. The van der Waals surface area contributed by atoms with Gasteiger partial charge in [-0.2, -0.15) is 0 Å². The molecule has 0 spiro atoms. The average molecular weight is 502 g/mol. The molecular formula is C27H27N5O3S. The van der Waals surface area contributed by atoms with Gasteiger partial charge >= 0.3 is 0 Å². The van der Waals surface area contributed by atoms with Crippen LogP contribution in [-0.2, 0) is 24.3 Å². The number of rotatable bonds is 11. The number of aromatic nitrogens is 3. The minimum Gasteiger partial charge on any atom is -0.497 e. The predicted molar refractivity (Wildman–Crippen MR) is 140 cm³/mol. The summed E-state index contributed by atoms with van der Waals surface area (Å²) < 4.78 is 7.11. The normalized spacial score (nSPS) is 10.6. The lowest BCUT2D eigenvalue weighted by molar-refractivity contribution is -0.113. The van der Waals surface area contributed by atoms with Crippen molar-refractivity contribution >= 4 is 29.3 Å². The zero-order chi connectivity index (χ0) is 25.2. The van der Waals surface area contributed by atoms with E-state index in [-0.39, 0.29) is 24.1 Å². The van der Waals surface area contributed by atoms with Gasteiger partial charge in [-0.05, 0) is 48.4 Å². The number of methoxy groups -OCH3 is 1. The third-order valence-corrected chi connectivity index (χ3v) is 6.38. The molecule has 0 aliphatic rings. The fourth-order valence-corrected chi connectivity index (χ4v) is 4.30. The van der Waals surface area contributed by atoms with E-state index in [1.807, 2.05) is 53.1 Å². The van der Waals surface area contributed by atoms with Gasteiger partial charge < -0.3 is 19.9 Å². The van der Waals surface area contributed by atoms with Gasteiger partial charge in [0.25, 0.3) is 5.91 Å². The molecule has 1 aromatic heterocycles. The van der Waals surface area contributed by atoms with Crippen molar-refractivity contribution in [2.75, 3.05) is 18.2 Å². The average Bonchev–Trinajstić information content (AvgIpc) is 3.32. The van der Waals surface area contributed by atoms with Gasteiger partial charge in [0.05, 0.1) is 19.4 Å². The molecule has 0 unspecified atom stereocenters. The van der Waals surface area contributed by atoms with Gasteiger partial charge in [0.15, 0.2) is 11.0 Å². The number of carbonyl (C=O) groups excluding carboxylic acids is 2. The number of thioether (sulfide) groups is 1. The van der Waals surface area contributed by atoms with E-state index in [1.54, 1.807) is 31.4 Å². The molecule has 0 atom stereocenters. The number of anilines is 1. The standard InChI is InChI=1S/C27H27N5O3S/c1-35-23-14-12-21(13-15-23)26(34)28-18-24-30-31-27(32(24)17-16-20-8-4-2-5-9-20)36-19-25(33)29-22-10-6-3-7-11-22/h2-15H,16-19H2,1H3,(H,28,34)(H,29,33). The molecule has 0 saturated heterocycles. The molecule has 0 bridgehead atoms. The number of amides is 2. The first-order valence-corrected chi connectivity index (χ1v) is 12.5. The molecule has 0 fully saturated rings. The summed E-state index contributed by atoms with van der Waals surface area (Å²) >= 11 is 1.32. The van der Waals surface area contributed by atoms with Crippen LogP contribution in [0.1, 0.15) is 21.7 Å². The highest BCUT2D eigenvalue weighted by Gasteiger charge is 2.16. The second-order valence-electron chi connectivity index (χ2n) is 7.90. The Morgan fingerprint density at radius 1 is 0.917 bits per heavy atom. The minimum atomic E-state index is -0.216. The van der Waals surface area contributed by atoms with Gasteiger partial charge in [-0.3, -0.25) is 9.59 Å². The van der Waals surface area contributed by atoms with Crippen LogP contribution in [0.25, 0.3) is 0 Å². The van der Waals surface area contributed by atoms with Crippen molar-refractivity contribution in [2.24, 2.45) is 0 Å². The highest BCUT2D eigenvalue weighted by Crippen LogP contribution is 2.19. The first kappa shape index (κ1) is 25.0. The summed E-state index contributed by atoms with van der Waals surface area (Å²) in [6, 6.07) is 26.3. The van der Waals surface area contributed by atoms with E-state index in [9.17, 15) is 9.59 Å². The smallest absolute Gasteiger partial charge is 0.251 e. The van der Waals surface area contributed by atoms with Crippen LogP contribution in [0.4, 0.5) is 5.69 Å². The van der Waals surface area contributed by atoms with E-state index in [4.69, 9.17) is 4.74 Å². The Hall–Kier alpha value is -4.11. The van der Waals surface area contributed by atoms with Crippen molar-refractivity contribution in [1.82, 2.24) is 20.1 Å². The van der Waals surface area contributed by atoms with E-state index >= 15 is 0 Å². The number of para-hydroxylation sites is 1. The molecule has 1 heterocycles. The molecule has 0 radical (unpaired) electrons. The third kappa shape index (κ3) is 6.96. The van der Waals surface area contributed by atoms with Crippen LogP contribution < -0.4 is 15.4 Å². The van der Waals surface area contributed by atoms with Crippen molar-refractivity contribution in [2.45, 2.75) is 24.7 Å². The molecule has 0 aliphatic heterocycles. The van der Waals surface area contributed by atoms with E-state index in [1.165, 1.54) is 17.3 Å². The van der Waals surface area contributed by atoms with Crippen LogP contribution in [0.5, 0.6) is 5.75 Å². The highest BCUT2D eigenvalue weighted by atomic mass is 32.2. The summed E-state index contributed by atoms with van der Waals surface area (Å²) in [4.78, 5) is 25.1. The van der Waals surface area contributed by atoms with E-state index in [0.29, 0.717) is 28.8 Å². The maximum absolute atomic E-state index is 12.6. The second-order valence-corrected chi connectivity index (χ2v) is 8.84. The molecule has 4 rings (SSSR count). The number of hydrogen-bond acceptors (Lipinski definition) is 6. The monoisotopic (exact) mass is 501 g/mol. The lowest BCUT2D eigenvalue weighted by Crippen LogP contribution is -2.25. The number of aryl methyl sites for hydroxylation is 1. The highest BCUT2D eigenvalue weighted by molar-refractivity contribution is 7.99. The Balaban J connectivity index is 1.43. The van der Waals surface area contributed by atoms with Crippen molar-refractivity contribution in [3.8, 4) is 5.75 Å². The maximum atomic E-state index is 12.6. The predicted octanol–water partition coefficient (Wildman–Crippen LogP) is 4.19. The lowest BCUT2D eigenvalue weighted by atomic mass is 10.1. The number of benzene rings is 3. The SMILES string of the molecule is COc1ccc(C(=O)NCc2nnc(SCC(=O)Nc3ccccc3)n2CCc2ccccc2)cc1. The Morgan fingerprint density at radius 3 is 2.31 bits per heavy atom. The number of carbonyl (C=O) groups is 2. The molecule has 0 aliphatic carbocycles. The summed E-state index contributed by atoms with van der Waals surface area (Å²) in [6.07, 6.45) is 0.766. The van der Waals surface area contributed by atoms with Crippen LogP contribution in [0, 0.1) is 0 Å². The fraction of sp³-hybridized carbons (Fsp3) is 0.185. The van der Waals surface area contributed by atoms with Crippen LogP contribution >= 0.6 is 11.8 Å². The molecule has 8 nitrogen and oxygen atoms in total. The Morgan fingerprint density at radius 2 is 1.61 bits per heavy atom. The van der Waals surface area contributed by atoms with E-state index < -0.39 is 0 Å². The number of nitrogens with zero attached hydrogens (tertiary/aromatic N) is 3. The number of ether oxygens (including phenoxy) is 1. The van der Waals surface area contributed by atoms with Gasteiger partial charge in [0.2, 0.25) is 5.91 Å². The van der Waals surface area contributed by atoms with Crippen molar-refractivity contribution in [3.63, 3.8) is 0 Å². The van der Waals surface area contributed by atoms with Crippen molar-refractivity contribution < 1.29 is 14.3 Å². The molecule has 3 aromatic carbocycles. The van der Waals surface area contributed by atoms with Gasteiger partial charge in [-0.1, -0.05) is 60.3 Å². The zero-order valence-corrected chi connectivity index (χ0v) is 20.7. The third-order valence-electron chi connectivity index (χ3n) is 5.41. The van der Waals surface area contributed by atoms with Gasteiger partial charge in [-0.15, -0.1) is 10.2 Å². The number of hydrogen-bond donors (Lipinski definition) is 2. The van der Waals surface area contributed by atoms with Gasteiger partial charge in [0.1, 0.15) is 5.75 Å². The van der Waals surface area contributed by atoms with Crippen molar-refractivity contribution in [3.05, 3.63) is 102 Å². The van der Waals surface area contributed by atoms with Crippen LogP contribution in [0.2, 0.25) is 0 Å². The van der Waals surface area contributed by atoms with Crippen LogP contribution in [0.3, 0.4) is 0 Å². The van der Waals surface area contributed by atoms with Crippen LogP contribution in [-0.4, -0.2) is 39.4 Å². The Labute approximate surface area is 214 Å². The molecule has 184 valence electrons. The maximum Gasteiger partial charge on any atom is 0.251 e. The molecule has 9 heteroatoms. The minimum absolute atomic E-state index is 0.127. The first-order valence-electron chi connectivity index (χ1n) is 11.5. The Bertz CT molecular complexity index is 1280. The lowest BCUT2D eigenvalue weighted by Gasteiger charge is -2.11. The largest absolute Gasteiger partial charge is 0.497 e. The van der Waals surface area contributed by atoms with E-state index in [0.717, 1.165) is 12.1 Å². The molecule has 0 saturated carbocycles. The second kappa shape index (κ2) is 12.6. The fourth-order valence-electron chi connectivity index (χ4n) is 3.52. The van der Waals surface area contributed by atoms with Gasteiger partial charge in [-0.25, -0.2) is 0 Å². The van der Waals surface area contributed by atoms with Crippen LogP contribution in [0.15, 0.2) is 90.1 Å². The zero-order valence-electron chi connectivity index (χ0n) is 19.9. The van der Waals surface area contributed by atoms with Crippen molar-refractivity contribution in [1.29, 1.82) is 0 Å². The molecular weight excluding hydrogens is 474 g/mol. The molecule has 36 heavy (non-hydrogen) atoms. The summed E-state index contributed by atoms with van der Waals surface area (Å²) in [7, 11) is 1.58. The topological polar surface area (TPSA) is 98.1 Å². The quantitative estimate of drug-likeness (QED) is 0.299. The molecule has 2 amide bonds. The summed E-state index contributed by atoms with van der Waals surface area (Å²) in [6.45, 7) is 0.830. The number of nitrogens with one attached hydrogen (secondary N) is 2. The summed E-state index contributed by atoms with van der Waals surface area (Å²) in [5.74, 6) is 1.16. The van der Waals surface area contributed by atoms with Gasteiger partial charge in [0, 0.05) is 17.8 Å². The molecule has 4 aromatic rings.